The lowest BCUT2D eigenvalue weighted by molar-refractivity contribution is 0.411. The Labute approximate surface area is 132 Å². The Morgan fingerprint density at radius 2 is 2.24 bits per heavy atom. The van der Waals surface area contributed by atoms with Gasteiger partial charge in [-0.25, -0.2) is 18.1 Å². The molecule has 8 heteroatoms. The Balaban J connectivity index is 2.27. The van der Waals surface area contributed by atoms with Crippen molar-refractivity contribution in [3.63, 3.8) is 0 Å². The Kier molecular flexibility index (Phi) is 5.02. The first-order chi connectivity index (χ1) is 9.97. The number of nitrogens with one attached hydrogen (secondary N) is 2. The number of nitrogens with zero attached hydrogens (tertiary/aromatic N) is 1. The van der Waals surface area contributed by atoms with Gasteiger partial charge in [0.05, 0.1) is 22.5 Å². The Morgan fingerprint density at radius 1 is 1.48 bits per heavy atom. The molecule has 0 aliphatic carbocycles. The quantitative estimate of drug-likeness (QED) is 0.814. The highest BCUT2D eigenvalue weighted by Crippen LogP contribution is 2.28. The number of H-pyrrole nitrogens is 1. The van der Waals surface area contributed by atoms with Crippen molar-refractivity contribution in [1.82, 2.24) is 14.7 Å². The van der Waals surface area contributed by atoms with Gasteiger partial charge in [-0.3, -0.25) is 0 Å². The van der Waals surface area contributed by atoms with Gasteiger partial charge >= 0.3 is 0 Å². The number of sulfonamides is 1. The third kappa shape index (κ3) is 3.63. The second kappa shape index (κ2) is 6.59. The van der Waals surface area contributed by atoms with Crippen LogP contribution in [-0.2, 0) is 10.0 Å². The van der Waals surface area contributed by atoms with E-state index in [1.54, 1.807) is 18.5 Å². The number of aromatic amines is 1. The van der Waals surface area contributed by atoms with Gasteiger partial charge in [0.15, 0.2) is 0 Å². The summed E-state index contributed by atoms with van der Waals surface area (Å²) < 4.78 is 33.2. The fourth-order valence-corrected chi connectivity index (χ4v) is 3.87. The minimum Gasteiger partial charge on any atom is -0.496 e. The Bertz CT molecular complexity index is 701. The summed E-state index contributed by atoms with van der Waals surface area (Å²) in [5, 5.41) is 0. The van der Waals surface area contributed by atoms with Crippen molar-refractivity contribution in [3.05, 3.63) is 40.9 Å². The predicted octanol–water partition coefficient (Wildman–Crippen LogP) is 2.61. The molecule has 0 bridgehead atoms. The van der Waals surface area contributed by atoms with E-state index < -0.39 is 16.1 Å². The number of hydrogen-bond donors (Lipinski definition) is 2. The van der Waals surface area contributed by atoms with Gasteiger partial charge in [0.1, 0.15) is 11.6 Å². The molecule has 114 valence electrons. The summed E-state index contributed by atoms with van der Waals surface area (Å²) in [7, 11) is -2.12. The molecule has 0 aliphatic heterocycles. The molecule has 0 spiro atoms. The van der Waals surface area contributed by atoms with Crippen LogP contribution < -0.4 is 9.46 Å². The minimum absolute atomic E-state index is 0.167. The van der Waals surface area contributed by atoms with Crippen LogP contribution in [0.3, 0.4) is 0 Å². The molecule has 2 N–H and O–H groups in total. The van der Waals surface area contributed by atoms with Crippen LogP contribution in [-0.4, -0.2) is 25.5 Å². The summed E-state index contributed by atoms with van der Waals surface area (Å²) in [6.07, 6.45) is 3.84. The normalized spacial score (nSPS) is 13.1. The third-order valence-electron chi connectivity index (χ3n) is 2.99. The zero-order valence-electron chi connectivity index (χ0n) is 11.6. The van der Waals surface area contributed by atoms with Crippen LogP contribution in [0.25, 0.3) is 0 Å². The van der Waals surface area contributed by atoms with Crippen molar-refractivity contribution in [2.75, 3.05) is 7.11 Å². The lowest BCUT2D eigenvalue weighted by Gasteiger charge is -2.15. The van der Waals surface area contributed by atoms with E-state index in [2.05, 4.69) is 30.6 Å². The van der Waals surface area contributed by atoms with Gasteiger partial charge in [0, 0.05) is 12.4 Å². The molecule has 6 nitrogen and oxygen atoms in total. The largest absolute Gasteiger partial charge is 0.496 e. The van der Waals surface area contributed by atoms with Gasteiger partial charge < -0.3 is 9.72 Å². The zero-order valence-corrected chi connectivity index (χ0v) is 14.0. The number of rotatable bonds is 6. The van der Waals surface area contributed by atoms with Gasteiger partial charge in [-0.2, -0.15) is 0 Å². The lowest BCUT2D eigenvalue weighted by Crippen LogP contribution is -2.29. The van der Waals surface area contributed by atoms with Crippen molar-refractivity contribution < 1.29 is 13.2 Å². The van der Waals surface area contributed by atoms with Crippen LogP contribution >= 0.6 is 15.9 Å². The van der Waals surface area contributed by atoms with Crippen molar-refractivity contribution in [1.29, 1.82) is 0 Å². The van der Waals surface area contributed by atoms with E-state index in [4.69, 9.17) is 4.74 Å². The summed E-state index contributed by atoms with van der Waals surface area (Å²) >= 11 is 3.29. The van der Waals surface area contributed by atoms with Gasteiger partial charge in [0.2, 0.25) is 10.0 Å². The third-order valence-corrected chi connectivity index (χ3v) is 5.08. The maximum Gasteiger partial charge on any atom is 0.241 e. The topological polar surface area (TPSA) is 84.1 Å². The maximum atomic E-state index is 12.4. The maximum absolute atomic E-state index is 12.4. The van der Waals surface area contributed by atoms with E-state index in [9.17, 15) is 8.42 Å². The lowest BCUT2D eigenvalue weighted by atomic mass is 10.2. The first-order valence-electron chi connectivity index (χ1n) is 6.33. The number of ether oxygens (including phenoxy) is 1. The van der Waals surface area contributed by atoms with Crippen molar-refractivity contribution in [2.24, 2.45) is 0 Å². The molecule has 1 aromatic heterocycles. The molecule has 0 aliphatic rings. The standard InChI is InChI=1S/C13H16BrN3O3S/c1-3-11(13-15-6-7-16-13)17-21(18,19)9-4-5-12(20-2)10(14)8-9/h4-8,11,17H,3H2,1-2H3,(H,15,16). The summed E-state index contributed by atoms with van der Waals surface area (Å²) in [6.45, 7) is 1.89. The molecule has 0 saturated carbocycles. The van der Waals surface area contributed by atoms with E-state index in [1.807, 2.05) is 6.92 Å². The molecule has 0 saturated heterocycles. The number of halogens is 1. The van der Waals surface area contributed by atoms with Crippen LogP contribution in [0.4, 0.5) is 0 Å². The number of imidazole rings is 1. The molecule has 0 fully saturated rings. The van der Waals surface area contributed by atoms with E-state index in [1.165, 1.54) is 19.2 Å². The highest BCUT2D eigenvalue weighted by atomic mass is 79.9. The molecule has 2 aromatic rings. The summed E-state index contributed by atoms with van der Waals surface area (Å²) in [5.74, 6) is 1.17. The molecule has 0 amide bonds. The van der Waals surface area contributed by atoms with E-state index in [0.717, 1.165) is 0 Å². The molecule has 2 rings (SSSR count). The van der Waals surface area contributed by atoms with Crippen LogP contribution in [0.2, 0.25) is 0 Å². The zero-order chi connectivity index (χ0) is 15.5. The smallest absolute Gasteiger partial charge is 0.241 e. The predicted molar refractivity (Wildman–Crippen MR) is 82.6 cm³/mol. The molecule has 1 heterocycles. The van der Waals surface area contributed by atoms with Crippen molar-refractivity contribution >= 4 is 26.0 Å². The Hall–Kier alpha value is -1.38. The van der Waals surface area contributed by atoms with E-state index in [-0.39, 0.29) is 4.90 Å². The van der Waals surface area contributed by atoms with Crippen molar-refractivity contribution in [2.45, 2.75) is 24.3 Å². The number of methoxy groups -OCH3 is 1. The fourth-order valence-electron chi connectivity index (χ4n) is 1.87. The molecule has 0 radical (unpaired) electrons. The first-order valence-corrected chi connectivity index (χ1v) is 8.60. The summed E-state index contributed by atoms with van der Waals surface area (Å²) in [5.41, 5.74) is 0. The molecule has 1 unspecified atom stereocenters. The second-order valence-corrected chi connectivity index (χ2v) is 6.92. The van der Waals surface area contributed by atoms with Gasteiger partial charge in [-0.15, -0.1) is 0 Å². The molecule has 21 heavy (non-hydrogen) atoms. The first kappa shape index (κ1) is 16.0. The van der Waals surface area contributed by atoms with Gasteiger partial charge in [-0.05, 0) is 40.5 Å². The fraction of sp³-hybridized carbons (Fsp3) is 0.308. The Morgan fingerprint density at radius 3 is 2.76 bits per heavy atom. The van der Waals surface area contributed by atoms with Crippen LogP contribution in [0.5, 0.6) is 5.75 Å². The minimum atomic E-state index is -3.64. The highest BCUT2D eigenvalue weighted by Gasteiger charge is 2.22. The molecular weight excluding hydrogens is 358 g/mol. The number of benzene rings is 1. The monoisotopic (exact) mass is 373 g/mol. The summed E-state index contributed by atoms with van der Waals surface area (Å²) in [4.78, 5) is 7.19. The number of aromatic nitrogens is 2. The van der Waals surface area contributed by atoms with Crippen LogP contribution in [0.1, 0.15) is 25.2 Å². The van der Waals surface area contributed by atoms with Gasteiger partial charge in [0.25, 0.3) is 0 Å². The SMILES string of the molecule is CCC(NS(=O)(=O)c1ccc(OC)c(Br)c1)c1ncc[nH]1. The second-order valence-electron chi connectivity index (χ2n) is 4.35. The number of hydrogen-bond acceptors (Lipinski definition) is 4. The highest BCUT2D eigenvalue weighted by molar-refractivity contribution is 9.10. The summed E-state index contributed by atoms with van der Waals surface area (Å²) in [6, 6.07) is 4.22. The van der Waals surface area contributed by atoms with Crippen LogP contribution in [0.15, 0.2) is 40.0 Å². The average molecular weight is 374 g/mol. The molecular formula is C13H16BrN3O3S. The average Bonchev–Trinajstić information content (AvgIpc) is 2.98. The van der Waals surface area contributed by atoms with Crippen molar-refractivity contribution in [3.8, 4) is 5.75 Å². The van der Waals surface area contributed by atoms with E-state index >= 15 is 0 Å². The van der Waals surface area contributed by atoms with Crippen LogP contribution in [0, 0.1) is 0 Å². The molecule has 1 atom stereocenters. The molecule has 1 aromatic carbocycles. The van der Waals surface area contributed by atoms with Gasteiger partial charge in [-0.1, -0.05) is 6.92 Å². The van der Waals surface area contributed by atoms with E-state index in [0.29, 0.717) is 22.5 Å².